The van der Waals surface area contributed by atoms with Crippen molar-refractivity contribution in [2.75, 3.05) is 18.5 Å². The second-order valence-corrected chi connectivity index (χ2v) is 7.57. The number of carbonyl (C=O) groups excluding carboxylic acids is 2. The summed E-state index contributed by atoms with van der Waals surface area (Å²) in [5, 5.41) is 3.57. The molecule has 0 saturated carbocycles. The molecule has 1 fully saturated rings. The summed E-state index contributed by atoms with van der Waals surface area (Å²) >= 11 is 5.99. The Bertz CT molecular complexity index is 899. The summed E-state index contributed by atoms with van der Waals surface area (Å²) in [4.78, 5) is 29.5. The van der Waals surface area contributed by atoms with Crippen LogP contribution >= 0.6 is 11.6 Å². The Hall–Kier alpha value is -2.53. The Balaban J connectivity index is 1.54. The third kappa shape index (κ3) is 3.39. The van der Waals surface area contributed by atoms with E-state index >= 15 is 0 Å². The van der Waals surface area contributed by atoms with Gasteiger partial charge in [-0.1, -0.05) is 23.7 Å². The van der Waals surface area contributed by atoms with Crippen molar-refractivity contribution < 1.29 is 9.59 Å². The predicted molar refractivity (Wildman–Crippen MR) is 106 cm³/mol. The Labute approximate surface area is 163 Å². The van der Waals surface area contributed by atoms with Crippen molar-refractivity contribution in [3.8, 4) is 0 Å². The molecule has 5 nitrogen and oxygen atoms in total. The van der Waals surface area contributed by atoms with E-state index in [-0.39, 0.29) is 18.0 Å². The molecule has 4 rings (SSSR count). The van der Waals surface area contributed by atoms with Gasteiger partial charge in [-0.25, -0.2) is 0 Å². The minimum Gasteiger partial charge on any atom is -0.354 e. The van der Waals surface area contributed by atoms with E-state index in [1.165, 1.54) is 0 Å². The van der Waals surface area contributed by atoms with Crippen molar-refractivity contribution >= 4 is 29.1 Å². The Morgan fingerprint density at radius 3 is 2.89 bits per heavy atom. The Kier molecular flexibility index (Phi) is 4.79. The highest BCUT2D eigenvalue weighted by Gasteiger charge is 2.37. The summed E-state index contributed by atoms with van der Waals surface area (Å²) < 4.78 is 0. The number of halogens is 1. The number of amides is 2. The molecular formula is C21H22ClN3O2. The lowest BCUT2D eigenvalue weighted by molar-refractivity contribution is 0.0589. The molecule has 0 radical (unpaired) electrons. The van der Waals surface area contributed by atoms with Crippen molar-refractivity contribution in [1.29, 1.82) is 0 Å². The van der Waals surface area contributed by atoms with Gasteiger partial charge in [-0.3, -0.25) is 9.59 Å². The van der Waals surface area contributed by atoms with Gasteiger partial charge in [-0.2, -0.15) is 0 Å². The van der Waals surface area contributed by atoms with Crippen molar-refractivity contribution in [2.24, 2.45) is 0 Å². The molecule has 27 heavy (non-hydrogen) atoms. The van der Waals surface area contributed by atoms with E-state index < -0.39 is 0 Å². The van der Waals surface area contributed by atoms with Gasteiger partial charge < -0.3 is 15.1 Å². The second-order valence-electron chi connectivity index (χ2n) is 7.13. The Morgan fingerprint density at radius 1 is 1.22 bits per heavy atom. The Morgan fingerprint density at radius 2 is 2.07 bits per heavy atom. The van der Waals surface area contributed by atoms with Gasteiger partial charge >= 0.3 is 0 Å². The molecule has 2 aromatic carbocycles. The molecule has 0 aromatic heterocycles. The SMILES string of the molecule is CN1c2cc(C(=O)NCc3cccc(Cl)c3)ccc2C(=O)N2CCCC[C@@H]21. The van der Waals surface area contributed by atoms with Gasteiger partial charge in [0.05, 0.1) is 11.3 Å². The van der Waals surface area contributed by atoms with E-state index in [0.717, 1.165) is 37.1 Å². The number of fused-ring (bicyclic) bond motifs is 2. The van der Waals surface area contributed by atoms with E-state index in [1.807, 2.05) is 36.2 Å². The number of hydrogen-bond donors (Lipinski definition) is 1. The number of rotatable bonds is 3. The number of hydrogen-bond acceptors (Lipinski definition) is 3. The molecule has 1 N–H and O–H groups in total. The molecule has 2 aliphatic rings. The van der Waals surface area contributed by atoms with E-state index in [9.17, 15) is 9.59 Å². The molecule has 0 bridgehead atoms. The average molecular weight is 384 g/mol. The molecular weight excluding hydrogens is 362 g/mol. The molecule has 2 aromatic rings. The minimum absolute atomic E-state index is 0.0682. The highest BCUT2D eigenvalue weighted by atomic mass is 35.5. The quantitative estimate of drug-likeness (QED) is 0.879. The molecule has 1 atom stereocenters. The first kappa shape index (κ1) is 17.9. The first-order valence-electron chi connectivity index (χ1n) is 9.25. The third-order valence-electron chi connectivity index (χ3n) is 5.39. The van der Waals surface area contributed by atoms with Gasteiger partial charge in [0, 0.05) is 30.7 Å². The number of nitrogens with zero attached hydrogens (tertiary/aromatic N) is 2. The van der Waals surface area contributed by atoms with Crippen LogP contribution in [0.15, 0.2) is 42.5 Å². The largest absolute Gasteiger partial charge is 0.354 e. The van der Waals surface area contributed by atoms with Gasteiger partial charge in [0.25, 0.3) is 11.8 Å². The van der Waals surface area contributed by atoms with Crippen LogP contribution in [0.25, 0.3) is 0 Å². The van der Waals surface area contributed by atoms with E-state index in [2.05, 4.69) is 10.2 Å². The van der Waals surface area contributed by atoms with Gasteiger partial charge in [0.2, 0.25) is 0 Å². The average Bonchev–Trinajstić information content (AvgIpc) is 2.70. The van der Waals surface area contributed by atoms with Crippen molar-refractivity contribution in [1.82, 2.24) is 10.2 Å². The van der Waals surface area contributed by atoms with Crippen molar-refractivity contribution in [2.45, 2.75) is 32.0 Å². The van der Waals surface area contributed by atoms with Crippen LogP contribution in [0.5, 0.6) is 0 Å². The van der Waals surface area contributed by atoms with Crippen molar-refractivity contribution in [3.63, 3.8) is 0 Å². The number of nitrogens with one attached hydrogen (secondary N) is 1. The maximum absolute atomic E-state index is 12.8. The highest BCUT2D eigenvalue weighted by Crippen LogP contribution is 2.34. The van der Waals surface area contributed by atoms with Gasteiger partial charge in [-0.15, -0.1) is 0 Å². The van der Waals surface area contributed by atoms with Crippen LogP contribution in [0.2, 0.25) is 5.02 Å². The van der Waals surface area contributed by atoms with Gasteiger partial charge in [-0.05, 0) is 55.2 Å². The zero-order valence-corrected chi connectivity index (χ0v) is 16.0. The van der Waals surface area contributed by atoms with Gasteiger partial charge in [0.1, 0.15) is 6.17 Å². The number of piperidine rings is 1. The first-order chi connectivity index (χ1) is 13.0. The zero-order chi connectivity index (χ0) is 19.0. The minimum atomic E-state index is -0.162. The van der Waals surface area contributed by atoms with E-state index in [0.29, 0.717) is 22.7 Å². The van der Waals surface area contributed by atoms with Crippen LogP contribution in [0.4, 0.5) is 5.69 Å². The van der Waals surface area contributed by atoms with Crippen LogP contribution in [-0.2, 0) is 6.54 Å². The normalized spacial score (nSPS) is 18.7. The van der Waals surface area contributed by atoms with E-state index in [4.69, 9.17) is 11.6 Å². The number of carbonyl (C=O) groups is 2. The topological polar surface area (TPSA) is 52.7 Å². The molecule has 140 valence electrons. The number of benzene rings is 2. The fourth-order valence-corrected chi connectivity index (χ4v) is 4.16. The number of anilines is 1. The summed E-state index contributed by atoms with van der Waals surface area (Å²) in [7, 11) is 2.00. The molecule has 2 aliphatic heterocycles. The van der Waals surface area contributed by atoms with Crippen LogP contribution in [0.1, 0.15) is 45.5 Å². The van der Waals surface area contributed by atoms with Gasteiger partial charge in [0.15, 0.2) is 0 Å². The fraction of sp³-hybridized carbons (Fsp3) is 0.333. The second kappa shape index (κ2) is 7.24. The smallest absolute Gasteiger partial charge is 0.257 e. The summed E-state index contributed by atoms with van der Waals surface area (Å²) in [5.74, 6) is -0.0941. The summed E-state index contributed by atoms with van der Waals surface area (Å²) in [6.07, 6.45) is 3.22. The predicted octanol–water partition coefficient (Wildman–Crippen LogP) is 3.67. The van der Waals surface area contributed by atoms with Crippen LogP contribution in [0.3, 0.4) is 0 Å². The summed E-state index contributed by atoms with van der Waals surface area (Å²) in [5.41, 5.74) is 3.00. The monoisotopic (exact) mass is 383 g/mol. The fourth-order valence-electron chi connectivity index (χ4n) is 3.95. The third-order valence-corrected chi connectivity index (χ3v) is 5.63. The van der Waals surface area contributed by atoms with Crippen LogP contribution in [-0.4, -0.2) is 36.5 Å². The maximum atomic E-state index is 12.8. The molecule has 0 unspecified atom stereocenters. The van der Waals surface area contributed by atoms with Crippen LogP contribution in [0, 0.1) is 0 Å². The first-order valence-corrected chi connectivity index (χ1v) is 9.63. The van der Waals surface area contributed by atoms with E-state index in [1.54, 1.807) is 18.2 Å². The van der Waals surface area contributed by atoms with Crippen molar-refractivity contribution in [3.05, 3.63) is 64.2 Å². The van der Waals surface area contributed by atoms with Crippen LogP contribution < -0.4 is 10.2 Å². The molecule has 0 spiro atoms. The summed E-state index contributed by atoms with van der Waals surface area (Å²) in [6, 6.07) is 12.7. The molecule has 6 heteroatoms. The lowest BCUT2D eigenvalue weighted by Crippen LogP contribution is -2.55. The zero-order valence-electron chi connectivity index (χ0n) is 15.2. The standard InChI is InChI=1S/C21H22ClN3O2/c1-24-18-12-15(20(26)23-13-14-5-4-6-16(22)11-14)8-9-17(18)21(27)25-10-3-2-7-19(24)25/h4-6,8-9,11-12,19H,2-3,7,10,13H2,1H3,(H,23,26)/t19-/m1/s1. The molecule has 1 saturated heterocycles. The highest BCUT2D eigenvalue weighted by molar-refractivity contribution is 6.30. The maximum Gasteiger partial charge on any atom is 0.257 e. The lowest BCUT2D eigenvalue weighted by Gasteiger charge is -2.46. The molecule has 2 amide bonds. The molecule has 2 heterocycles. The lowest BCUT2D eigenvalue weighted by atomic mass is 9.97. The summed E-state index contributed by atoms with van der Waals surface area (Å²) in [6.45, 7) is 1.21. The molecule has 0 aliphatic carbocycles.